The number of hydrogen-bond acceptors (Lipinski definition) is 3. The first kappa shape index (κ1) is 18.4. The van der Waals surface area contributed by atoms with Crippen LogP contribution in [0.25, 0.3) is 0 Å². The van der Waals surface area contributed by atoms with Gasteiger partial charge in [-0.3, -0.25) is 4.79 Å². The van der Waals surface area contributed by atoms with Gasteiger partial charge in [-0.15, -0.1) is 0 Å². The molecule has 0 aliphatic heterocycles. The highest BCUT2D eigenvalue weighted by Gasteiger charge is 2.20. The summed E-state index contributed by atoms with van der Waals surface area (Å²) in [5.41, 5.74) is 6.19. The fourth-order valence-electron chi connectivity index (χ4n) is 2.40. The molecule has 0 fully saturated rings. The van der Waals surface area contributed by atoms with E-state index in [0.29, 0.717) is 24.9 Å². The lowest BCUT2D eigenvalue weighted by Crippen LogP contribution is -2.44. The van der Waals surface area contributed by atoms with Gasteiger partial charge in [-0.2, -0.15) is 0 Å². The minimum atomic E-state index is -0.0585. The maximum Gasteiger partial charge on any atom is 0.221 e. The van der Waals surface area contributed by atoms with Gasteiger partial charge in [0.05, 0.1) is 0 Å². The predicted octanol–water partition coefficient (Wildman–Crippen LogP) is 1.84. The van der Waals surface area contributed by atoms with Crippen LogP contribution in [0.3, 0.4) is 0 Å². The highest BCUT2D eigenvalue weighted by atomic mass is 16.1. The largest absolute Gasteiger partial charge is 0.354 e. The summed E-state index contributed by atoms with van der Waals surface area (Å²) in [6.45, 7) is 11.5. The second-order valence-electron chi connectivity index (χ2n) is 7.31. The molecule has 0 radical (unpaired) electrons. The van der Waals surface area contributed by atoms with E-state index in [9.17, 15) is 4.79 Å². The van der Waals surface area contributed by atoms with Crippen molar-refractivity contribution in [2.24, 2.45) is 17.1 Å². The molecule has 19 heavy (non-hydrogen) atoms. The van der Waals surface area contributed by atoms with Crippen molar-refractivity contribution in [3.8, 4) is 0 Å². The van der Waals surface area contributed by atoms with E-state index >= 15 is 0 Å². The molecule has 0 aromatic carbocycles. The molecular formula is C15H33N3O. The van der Waals surface area contributed by atoms with Crippen molar-refractivity contribution in [3.63, 3.8) is 0 Å². The number of nitrogens with two attached hydrogens (primary N) is 1. The lowest BCUT2D eigenvalue weighted by atomic mass is 9.87. The van der Waals surface area contributed by atoms with E-state index < -0.39 is 0 Å². The smallest absolute Gasteiger partial charge is 0.221 e. The summed E-state index contributed by atoms with van der Waals surface area (Å²) in [4.78, 5) is 14.0. The van der Waals surface area contributed by atoms with Crippen molar-refractivity contribution in [2.75, 3.05) is 20.6 Å². The number of likely N-dealkylation sites (N-methyl/N-ethyl adjacent to an activating group) is 1. The van der Waals surface area contributed by atoms with E-state index in [4.69, 9.17) is 5.73 Å². The quantitative estimate of drug-likeness (QED) is 0.743. The fraction of sp³-hybridized carbons (Fsp3) is 0.933. The number of nitrogens with zero attached hydrogens (tertiary/aromatic N) is 1. The Morgan fingerprint density at radius 1 is 1.26 bits per heavy atom. The SMILES string of the molecule is CC(C)C(CNC(=O)CC(N)CC(C)(C)C)N(C)C. The molecule has 2 unspecified atom stereocenters. The number of rotatable bonds is 7. The summed E-state index contributed by atoms with van der Waals surface area (Å²) >= 11 is 0. The Morgan fingerprint density at radius 3 is 2.16 bits per heavy atom. The molecule has 0 saturated heterocycles. The first-order valence-corrected chi connectivity index (χ1v) is 7.21. The molecule has 0 heterocycles. The summed E-state index contributed by atoms with van der Waals surface area (Å²) in [5.74, 6) is 0.572. The maximum atomic E-state index is 11.9. The van der Waals surface area contributed by atoms with Gasteiger partial charge in [0, 0.05) is 25.0 Å². The topological polar surface area (TPSA) is 58.4 Å². The second-order valence-corrected chi connectivity index (χ2v) is 7.31. The van der Waals surface area contributed by atoms with E-state index in [1.54, 1.807) is 0 Å². The molecule has 4 heteroatoms. The Bertz CT molecular complexity index is 261. The van der Waals surface area contributed by atoms with Crippen molar-refractivity contribution in [1.29, 1.82) is 0 Å². The zero-order chi connectivity index (χ0) is 15.2. The second kappa shape index (κ2) is 7.85. The van der Waals surface area contributed by atoms with Crippen LogP contribution in [0.1, 0.15) is 47.5 Å². The van der Waals surface area contributed by atoms with Crippen molar-refractivity contribution in [2.45, 2.75) is 59.5 Å². The molecule has 2 atom stereocenters. The van der Waals surface area contributed by atoms with Gasteiger partial charge >= 0.3 is 0 Å². The zero-order valence-electron chi connectivity index (χ0n) is 13.8. The minimum absolute atomic E-state index is 0.0585. The normalized spacial score (nSPS) is 15.7. The molecule has 0 aliphatic carbocycles. The molecule has 0 saturated carbocycles. The van der Waals surface area contributed by atoms with Crippen molar-refractivity contribution in [1.82, 2.24) is 10.2 Å². The molecule has 114 valence electrons. The van der Waals surface area contributed by atoms with Gasteiger partial charge in [-0.05, 0) is 31.8 Å². The van der Waals surface area contributed by atoms with E-state index in [2.05, 4.69) is 44.8 Å². The lowest BCUT2D eigenvalue weighted by Gasteiger charge is -2.28. The van der Waals surface area contributed by atoms with E-state index in [0.717, 1.165) is 6.42 Å². The van der Waals surface area contributed by atoms with Crippen molar-refractivity contribution < 1.29 is 4.79 Å². The van der Waals surface area contributed by atoms with Crippen LogP contribution in [0, 0.1) is 11.3 Å². The molecular weight excluding hydrogens is 238 g/mol. The lowest BCUT2D eigenvalue weighted by molar-refractivity contribution is -0.121. The van der Waals surface area contributed by atoms with Gasteiger partial charge < -0.3 is 16.0 Å². The summed E-state index contributed by atoms with van der Waals surface area (Å²) in [5, 5.41) is 3.00. The number of nitrogens with one attached hydrogen (secondary N) is 1. The zero-order valence-corrected chi connectivity index (χ0v) is 13.8. The molecule has 4 nitrogen and oxygen atoms in total. The third-order valence-corrected chi connectivity index (χ3v) is 3.26. The average molecular weight is 271 g/mol. The third kappa shape index (κ3) is 9.00. The van der Waals surface area contributed by atoms with Crippen LogP contribution in [0.4, 0.5) is 0 Å². The fourth-order valence-corrected chi connectivity index (χ4v) is 2.40. The first-order chi connectivity index (χ1) is 8.53. The van der Waals surface area contributed by atoms with Gasteiger partial charge in [-0.25, -0.2) is 0 Å². The average Bonchev–Trinajstić information content (AvgIpc) is 2.12. The van der Waals surface area contributed by atoms with Crippen LogP contribution in [0.2, 0.25) is 0 Å². The molecule has 0 aromatic heterocycles. The van der Waals surface area contributed by atoms with Gasteiger partial charge in [0.25, 0.3) is 0 Å². The number of carbonyl (C=O) groups excluding carboxylic acids is 1. The standard InChI is InChI=1S/C15H33N3O/c1-11(2)13(18(6)7)10-17-14(19)8-12(16)9-15(3,4)5/h11-13H,8-10,16H2,1-7H3,(H,17,19). The summed E-state index contributed by atoms with van der Waals surface area (Å²) < 4.78 is 0. The molecule has 0 aliphatic rings. The van der Waals surface area contributed by atoms with E-state index in [1.807, 2.05) is 14.1 Å². The van der Waals surface area contributed by atoms with Gasteiger partial charge in [-0.1, -0.05) is 34.6 Å². The number of hydrogen-bond donors (Lipinski definition) is 2. The molecule has 0 spiro atoms. The van der Waals surface area contributed by atoms with Gasteiger partial charge in [0.1, 0.15) is 0 Å². The van der Waals surface area contributed by atoms with Crippen LogP contribution in [0.15, 0.2) is 0 Å². The van der Waals surface area contributed by atoms with E-state index in [1.165, 1.54) is 0 Å². The Kier molecular flexibility index (Phi) is 7.60. The molecule has 0 aromatic rings. The summed E-state index contributed by atoms with van der Waals surface area (Å²) in [7, 11) is 4.09. The monoisotopic (exact) mass is 271 g/mol. The number of carbonyl (C=O) groups is 1. The third-order valence-electron chi connectivity index (χ3n) is 3.26. The Hall–Kier alpha value is -0.610. The van der Waals surface area contributed by atoms with Crippen molar-refractivity contribution >= 4 is 5.91 Å². The van der Waals surface area contributed by atoms with Crippen LogP contribution < -0.4 is 11.1 Å². The molecule has 0 bridgehead atoms. The van der Waals surface area contributed by atoms with E-state index in [-0.39, 0.29) is 17.4 Å². The summed E-state index contributed by atoms with van der Waals surface area (Å²) in [6.07, 6.45) is 1.28. The van der Waals surface area contributed by atoms with Crippen molar-refractivity contribution in [3.05, 3.63) is 0 Å². The van der Waals surface area contributed by atoms with Crippen LogP contribution >= 0.6 is 0 Å². The molecule has 0 rings (SSSR count). The number of amides is 1. The minimum Gasteiger partial charge on any atom is -0.354 e. The van der Waals surface area contributed by atoms with Gasteiger partial charge in [0.15, 0.2) is 0 Å². The first-order valence-electron chi connectivity index (χ1n) is 7.21. The molecule has 3 N–H and O–H groups in total. The van der Waals surface area contributed by atoms with Crippen LogP contribution in [0.5, 0.6) is 0 Å². The Labute approximate surface area is 119 Å². The maximum absolute atomic E-state index is 11.9. The van der Waals surface area contributed by atoms with Crippen LogP contribution in [-0.2, 0) is 4.79 Å². The highest BCUT2D eigenvalue weighted by molar-refractivity contribution is 5.76. The molecule has 1 amide bonds. The Balaban J connectivity index is 4.11. The highest BCUT2D eigenvalue weighted by Crippen LogP contribution is 2.20. The Morgan fingerprint density at radius 2 is 1.79 bits per heavy atom. The summed E-state index contributed by atoms with van der Waals surface area (Å²) in [6, 6.07) is 0.305. The van der Waals surface area contributed by atoms with Crippen LogP contribution in [-0.4, -0.2) is 43.5 Å². The van der Waals surface area contributed by atoms with Gasteiger partial charge in [0.2, 0.25) is 5.91 Å². The predicted molar refractivity (Wildman–Crippen MR) is 82.0 cm³/mol.